The van der Waals surface area contributed by atoms with E-state index in [-0.39, 0.29) is 6.42 Å². The highest BCUT2D eigenvalue weighted by Gasteiger charge is 2.14. The Morgan fingerprint density at radius 1 is 1.30 bits per heavy atom. The molecular formula is C13H13N3O4. The second-order valence-corrected chi connectivity index (χ2v) is 4.33. The molecule has 104 valence electrons. The van der Waals surface area contributed by atoms with Crippen molar-refractivity contribution in [3.63, 3.8) is 0 Å². The Balaban J connectivity index is 1.80. The van der Waals surface area contributed by atoms with Gasteiger partial charge in [-0.25, -0.2) is 4.98 Å². The van der Waals surface area contributed by atoms with Gasteiger partial charge in [-0.3, -0.25) is 9.48 Å². The second-order valence-electron chi connectivity index (χ2n) is 4.33. The first-order chi connectivity index (χ1) is 9.72. The number of carbonyl (C=O) groups is 1. The van der Waals surface area contributed by atoms with E-state index < -0.39 is 5.97 Å². The fourth-order valence-corrected chi connectivity index (χ4v) is 1.93. The summed E-state index contributed by atoms with van der Waals surface area (Å²) in [6, 6.07) is 5.50. The van der Waals surface area contributed by atoms with Crippen molar-refractivity contribution in [2.24, 2.45) is 0 Å². The molecule has 0 saturated heterocycles. The number of fused-ring (bicyclic) bond motifs is 1. The van der Waals surface area contributed by atoms with Gasteiger partial charge in [0.25, 0.3) is 0 Å². The largest absolute Gasteiger partial charge is 0.486 e. The predicted octanol–water partition coefficient (Wildman–Crippen LogP) is 1.19. The fraction of sp³-hybridized carbons (Fsp3) is 0.308. The molecule has 20 heavy (non-hydrogen) atoms. The van der Waals surface area contributed by atoms with E-state index in [1.54, 1.807) is 0 Å². The van der Waals surface area contributed by atoms with Crippen molar-refractivity contribution in [3.8, 4) is 22.9 Å². The third-order valence-electron chi connectivity index (χ3n) is 2.89. The number of carboxylic acids is 1. The third-order valence-corrected chi connectivity index (χ3v) is 2.89. The fourth-order valence-electron chi connectivity index (χ4n) is 1.93. The van der Waals surface area contributed by atoms with E-state index in [0.717, 1.165) is 5.56 Å². The number of nitrogens with zero attached hydrogens (tertiary/aromatic N) is 3. The average Bonchev–Trinajstić information content (AvgIpc) is 2.93. The highest BCUT2D eigenvalue weighted by atomic mass is 16.6. The molecule has 1 aromatic heterocycles. The first kappa shape index (κ1) is 12.5. The van der Waals surface area contributed by atoms with E-state index in [9.17, 15) is 4.79 Å². The molecule has 0 spiro atoms. The Kier molecular flexibility index (Phi) is 3.24. The molecular weight excluding hydrogens is 262 g/mol. The molecule has 1 aromatic carbocycles. The molecule has 1 N–H and O–H groups in total. The Hall–Kier alpha value is -2.57. The van der Waals surface area contributed by atoms with Gasteiger partial charge in [0.05, 0.1) is 13.0 Å². The Morgan fingerprint density at radius 2 is 2.10 bits per heavy atom. The number of aromatic nitrogens is 3. The first-order valence-electron chi connectivity index (χ1n) is 6.23. The van der Waals surface area contributed by atoms with Crippen LogP contribution in [0.1, 0.15) is 6.42 Å². The summed E-state index contributed by atoms with van der Waals surface area (Å²) >= 11 is 0. The van der Waals surface area contributed by atoms with Gasteiger partial charge in [0, 0.05) is 5.56 Å². The molecule has 0 radical (unpaired) electrons. The van der Waals surface area contributed by atoms with Crippen LogP contribution in [-0.2, 0) is 11.3 Å². The van der Waals surface area contributed by atoms with Crippen LogP contribution >= 0.6 is 0 Å². The summed E-state index contributed by atoms with van der Waals surface area (Å²) in [4.78, 5) is 14.7. The van der Waals surface area contributed by atoms with Crippen molar-refractivity contribution < 1.29 is 19.4 Å². The third kappa shape index (κ3) is 2.56. The molecule has 1 aliphatic rings. The van der Waals surface area contributed by atoms with Gasteiger partial charge in [-0.05, 0) is 18.2 Å². The molecule has 0 saturated carbocycles. The molecule has 3 rings (SSSR count). The van der Waals surface area contributed by atoms with Crippen LogP contribution < -0.4 is 9.47 Å². The van der Waals surface area contributed by atoms with Crippen LogP contribution in [0.3, 0.4) is 0 Å². The van der Waals surface area contributed by atoms with Crippen molar-refractivity contribution in [2.75, 3.05) is 13.2 Å². The molecule has 7 heteroatoms. The number of aryl methyl sites for hydroxylation is 1. The minimum absolute atomic E-state index is 0.0178. The maximum Gasteiger partial charge on any atom is 0.305 e. The highest BCUT2D eigenvalue weighted by Crippen LogP contribution is 2.33. The van der Waals surface area contributed by atoms with E-state index >= 15 is 0 Å². The lowest BCUT2D eigenvalue weighted by molar-refractivity contribution is -0.137. The summed E-state index contributed by atoms with van der Waals surface area (Å²) in [6.07, 6.45) is 1.54. The Labute approximate surface area is 114 Å². The molecule has 0 aliphatic carbocycles. The zero-order chi connectivity index (χ0) is 13.9. The van der Waals surface area contributed by atoms with Crippen LogP contribution in [0.15, 0.2) is 24.5 Å². The van der Waals surface area contributed by atoms with Gasteiger partial charge in [0.15, 0.2) is 17.3 Å². The number of rotatable bonds is 4. The SMILES string of the molecule is O=C(O)CCn1cnc(-c2ccc3c(c2)OCCO3)n1. The summed E-state index contributed by atoms with van der Waals surface area (Å²) in [7, 11) is 0. The first-order valence-corrected chi connectivity index (χ1v) is 6.23. The maximum atomic E-state index is 10.5. The molecule has 2 heterocycles. The standard InChI is InChI=1S/C13H13N3O4/c17-12(18)3-4-16-8-14-13(15-16)9-1-2-10-11(7-9)20-6-5-19-10/h1-2,7-8H,3-6H2,(H,17,18). The molecule has 2 aromatic rings. The number of hydrogen-bond acceptors (Lipinski definition) is 5. The van der Waals surface area contributed by atoms with Gasteiger partial charge in [-0.1, -0.05) is 0 Å². The lowest BCUT2D eigenvalue weighted by atomic mass is 10.2. The van der Waals surface area contributed by atoms with Crippen molar-refractivity contribution in [3.05, 3.63) is 24.5 Å². The smallest absolute Gasteiger partial charge is 0.305 e. The molecule has 0 fully saturated rings. The molecule has 7 nitrogen and oxygen atoms in total. The molecule has 0 unspecified atom stereocenters. The minimum atomic E-state index is -0.860. The summed E-state index contributed by atoms with van der Waals surface area (Å²) in [5.74, 6) is 1.06. The van der Waals surface area contributed by atoms with Crippen molar-refractivity contribution in [1.29, 1.82) is 0 Å². The summed E-state index contributed by atoms with van der Waals surface area (Å²) in [5, 5.41) is 12.9. The van der Waals surface area contributed by atoms with Gasteiger partial charge in [0.1, 0.15) is 19.5 Å². The van der Waals surface area contributed by atoms with Gasteiger partial charge in [-0.2, -0.15) is 5.10 Å². The van der Waals surface area contributed by atoms with E-state index in [1.165, 1.54) is 11.0 Å². The maximum absolute atomic E-state index is 10.5. The zero-order valence-corrected chi connectivity index (χ0v) is 10.7. The summed E-state index contributed by atoms with van der Waals surface area (Å²) < 4.78 is 12.5. The number of ether oxygens (including phenoxy) is 2. The van der Waals surface area contributed by atoms with Crippen molar-refractivity contribution in [1.82, 2.24) is 14.8 Å². The van der Waals surface area contributed by atoms with Crippen LogP contribution in [-0.4, -0.2) is 39.1 Å². The number of benzene rings is 1. The zero-order valence-electron chi connectivity index (χ0n) is 10.7. The average molecular weight is 275 g/mol. The van der Waals surface area contributed by atoms with Crippen LogP contribution in [0.5, 0.6) is 11.5 Å². The Morgan fingerprint density at radius 3 is 2.90 bits per heavy atom. The van der Waals surface area contributed by atoms with E-state index in [0.29, 0.717) is 37.1 Å². The van der Waals surface area contributed by atoms with Crippen LogP contribution in [0.4, 0.5) is 0 Å². The molecule has 0 bridgehead atoms. The second kappa shape index (κ2) is 5.20. The van der Waals surface area contributed by atoms with Gasteiger partial charge in [-0.15, -0.1) is 0 Å². The highest BCUT2D eigenvalue weighted by molar-refractivity contribution is 5.66. The van der Waals surface area contributed by atoms with Crippen LogP contribution in [0, 0.1) is 0 Å². The van der Waals surface area contributed by atoms with Crippen molar-refractivity contribution in [2.45, 2.75) is 13.0 Å². The summed E-state index contributed by atoms with van der Waals surface area (Å²) in [5.41, 5.74) is 0.809. The molecule has 0 amide bonds. The van der Waals surface area contributed by atoms with Crippen molar-refractivity contribution >= 4 is 5.97 Å². The van der Waals surface area contributed by atoms with Gasteiger partial charge < -0.3 is 14.6 Å². The Bertz CT molecular complexity index is 638. The van der Waals surface area contributed by atoms with Crippen LogP contribution in [0.25, 0.3) is 11.4 Å². The van der Waals surface area contributed by atoms with Gasteiger partial charge >= 0.3 is 5.97 Å². The molecule has 1 aliphatic heterocycles. The number of hydrogen-bond donors (Lipinski definition) is 1. The normalized spacial score (nSPS) is 13.2. The number of carboxylic acid groups (broad SMARTS) is 1. The number of aliphatic carboxylic acids is 1. The van der Waals surface area contributed by atoms with E-state index in [2.05, 4.69) is 10.1 Å². The topological polar surface area (TPSA) is 86.5 Å². The quantitative estimate of drug-likeness (QED) is 0.902. The van der Waals surface area contributed by atoms with Crippen LogP contribution in [0.2, 0.25) is 0 Å². The lowest BCUT2D eigenvalue weighted by Gasteiger charge is -2.18. The predicted molar refractivity (Wildman–Crippen MR) is 68.7 cm³/mol. The monoisotopic (exact) mass is 275 g/mol. The van der Waals surface area contributed by atoms with E-state index in [1.807, 2.05) is 18.2 Å². The lowest BCUT2D eigenvalue weighted by Crippen LogP contribution is -2.15. The van der Waals surface area contributed by atoms with Gasteiger partial charge in [0.2, 0.25) is 0 Å². The molecule has 0 atom stereocenters. The van der Waals surface area contributed by atoms with E-state index in [4.69, 9.17) is 14.6 Å². The summed E-state index contributed by atoms with van der Waals surface area (Å²) in [6.45, 7) is 1.37. The minimum Gasteiger partial charge on any atom is -0.486 e.